The summed E-state index contributed by atoms with van der Waals surface area (Å²) in [5, 5.41) is 3.47. The molecule has 1 fully saturated rings. The van der Waals surface area contributed by atoms with Gasteiger partial charge in [-0.2, -0.15) is 0 Å². The quantitative estimate of drug-likeness (QED) is 0.492. The highest BCUT2D eigenvalue weighted by Crippen LogP contribution is 2.34. The fourth-order valence-electron chi connectivity index (χ4n) is 2.13. The third-order valence-corrected chi connectivity index (χ3v) is 3.35. The van der Waals surface area contributed by atoms with Crippen molar-refractivity contribution in [3.8, 4) is 0 Å². The van der Waals surface area contributed by atoms with Crippen molar-refractivity contribution < 1.29 is 4.74 Å². The molecule has 6 nitrogen and oxygen atoms in total. The molecule has 1 unspecified atom stereocenters. The topological polar surface area (TPSA) is 85.1 Å². The molecule has 4 N–H and O–H groups in total. The van der Waals surface area contributed by atoms with Crippen LogP contribution in [0.2, 0.25) is 0 Å². The SMILES string of the molecule is CCC(CC1CC1)Nc1cc(NN)nc(COC)n1. The number of methoxy groups -OCH3 is 1. The molecular formula is C13H23N5O. The van der Waals surface area contributed by atoms with Crippen LogP contribution in [0.5, 0.6) is 0 Å². The van der Waals surface area contributed by atoms with Gasteiger partial charge in [0.1, 0.15) is 18.2 Å². The summed E-state index contributed by atoms with van der Waals surface area (Å²) >= 11 is 0. The molecule has 6 heteroatoms. The molecule has 1 atom stereocenters. The Hall–Kier alpha value is -1.40. The predicted octanol–water partition coefficient (Wildman–Crippen LogP) is 1.90. The number of ether oxygens (including phenoxy) is 1. The summed E-state index contributed by atoms with van der Waals surface area (Å²) in [5.74, 6) is 8.36. The van der Waals surface area contributed by atoms with Crippen LogP contribution in [-0.2, 0) is 11.3 Å². The van der Waals surface area contributed by atoms with Gasteiger partial charge in [0, 0.05) is 19.2 Å². The minimum absolute atomic E-state index is 0.379. The molecule has 0 spiro atoms. The summed E-state index contributed by atoms with van der Waals surface area (Å²) in [7, 11) is 1.63. The maximum atomic E-state index is 5.43. The molecule has 0 bridgehead atoms. The maximum Gasteiger partial charge on any atom is 0.158 e. The van der Waals surface area contributed by atoms with Gasteiger partial charge in [0.25, 0.3) is 0 Å². The van der Waals surface area contributed by atoms with Gasteiger partial charge < -0.3 is 15.5 Å². The first kappa shape index (κ1) is 14.0. The first-order valence-electron chi connectivity index (χ1n) is 6.85. The van der Waals surface area contributed by atoms with E-state index in [1.165, 1.54) is 19.3 Å². The summed E-state index contributed by atoms with van der Waals surface area (Å²) in [5.41, 5.74) is 2.56. The molecule has 0 aliphatic heterocycles. The summed E-state index contributed by atoms with van der Waals surface area (Å²) in [6, 6.07) is 2.29. The Morgan fingerprint density at radius 2 is 2.16 bits per heavy atom. The number of nitrogen functional groups attached to an aromatic ring is 1. The summed E-state index contributed by atoms with van der Waals surface area (Å²) in [6.45, 7) is 2.57. The zero-order valence-corrected chi connectivity index (χ0v) is 11.6. The minimum atomic E-state index is 0.379. The molecule has 1 aromatic heterocycles. The lowest BCUT2D eigenvalue weighted by Crippen LogP contribution is -2.21. The van der Waals surface area contributed by atoms with Crippen LogP contribution in [0.15, 0.2) is 6.07 Å². The number of hydrogen-bond acceptors (Lipinski definition) is 6. The highest BCUT2D eigenvalue weighted by atomic mass is 16.5. The van der Waals surface area contributed by atoms with Crippen LogP contribution in [0.25, 0.3) is 0 Å². The lowest BCUT2D eigenvalue weighted by Gasteiger charge is -2.18. The van der Waals surface area contributed by atoms with Crippen LogP contribution < -0.4 is 16.6 Å². The normalized spacial score (nSPS) is 16.2. The number of hydrazine groups is 1. The fourth-order valence-corrected chi connectivity index (χ4v) is 2.13. The third-order valence-electron chi connectivity index (χ3n) is 3.35. The van der Waals surface area contributed by atoms with E-state index in [1.807, 2.05) is 6.07 Å². The minimum Gasteiger partial charge on any atom is -0.377 e. The zero-order valence-electron chi connectivity index (χ0n) is 11.6. The molecule has 0 aromatic carbocycles. The van der Waals surface area contributed by atoms with Crippen molar-refractivity contribution in [2.75, 3.05) is 17.9 Å². The Balaban J connectivity index is 2.05. The molecular weight excluding hydrogens is 242 g/mol. The van der Waals surface area contributed by atoms with E-state index < -0.39 is 0 Å². The first-order chi connectivity index (χ1) is 9.25. The first-order valence-corrected chi connectivity index (χ1v) is 6.85. The van der Waals surface area contributed by atoms with Crippen LogP contribution in [-0.4, -0.2) is 23.1 Å². The van der Waals surface area contributed by atoms with E-state index in [-0.39, 0.29) is 0 Å². The van der Waals surface area contributed by atoms with E-state index >= 15 is 0 Å². The predicted molar refractivity (Wildman–Crippen MR) is 75.6 cm³/mol. The number of rotatable bonds is 8. The highest BCUT2D eigenvalue weighted by Gasteiger charge is 2.24. The molecule has 0 saturated heterocycles. The summed E-state index contributed by atoms with van der Waals surface area (Å²) in [4.78, 5) is 8.68. The van der Waals surface area contributed by atoms with E-state index in [9.17, 15) is 0 Å². The molecule has 0 amide bonds. The number of anilines is 2. The number of nitrogens with zero attached hydrogens (tertiary/aromatic N) is 2. The van der Waals surface area contributed by atoms with Gasteiger partial charge in [0.2, 0.25) is 0 Å². The molecule has 0 radical (unpaired) electrons. The zero-order chi connectivity index (χ0) is 13.7. The van der Waals surface area contributed by atoms with Crippen molar-refractivity contribution in [1.29, 1.82) is 0 Å². The summed E-state index contributed by atoms with van der Waals surface area (Å²) in [6.07, 6.45) is 5.04. The van der Waals surface area contributed by atoms with Crippen LogP contribution in [0.4, 0.5) is 11.6 Å². The second-order valence-corrected chi connectivity index (χ2v) is 5.06. The third kappa shape index (κ3) is 4.33. The molecule has 19 heavy (non-hydrogen) atoms. The second-order valence-electron chi connectivity index (χ2n) is 5.06. The smallest absolute Gasteiger partial charge is 0.158 e. The van der Waals surface area contributed by atoms with E-state index in [1.54, 1.807) is 7.11 Å². The van der Waals surface area contributed by atoms with Gasteiger partial charge >= 0.3 is 0 Å². The number of hydrogen-bond donors (Lipinski definition) is 3. The molecule has 1 aromatic rings. The van der Waals surface area contributed by atoms with E-state index in [2.05, 4.69) is 27.6 Å². The van der Waals surface area contributed by atoms with Crippen LogP contribution in [0.1, 0.15) is 38.4 Å². The number of nitrogens with two attached hydrogens (primary N) is 1. The molecule has 1 heterocycles. The Morgan fingerprint density at radius 3 is 2.74 bits per heavy atom. The van der Waals surface area contributed by atoms with E-state index in [0.717, 1.165) is 18.2 Å². The molecule has 106 valence electrons. The van der Waals surface area contributed by atoms with Crippen molar-refractivity contribution in [3.63, 3.8) is 0 Å². The van der Waals surface area contributed by atoms with Gasteiger partial charge in [0.05, 0.1) is 0 Å². The molecule has 1 aliphatic rings. The van der Waals surface area contributed by atoms with Gasteiger partial charge in [0.15, 0.2) is 5.82 Å². The van der Waals surface area contributed by atoms with Gasteiger partial charge in [-0.25, -0.2) is 15.8 Å². The molecule has 1 aliphatic carbocycles. The lowest BCUT2D eigenvalue weighted by molar-refractivity contribution is 0.178. The van der Waals surface area contributed by atoms with E-state index in [4.69, 9.17) is 10.6 Å². The number of aromatic nitrogens is 2. The van der Waals surface area contributed by atoms with Crippen molar-refractivity contribution in [2.24, 2.45) is 11.8 Å². The average molecular weight is 265 g/mol. The monoisotopic (exact) mass is 265 g/mol. The van der Waals surface area contributed by atoms with Gasteiger partial charge in [-0.1, -0.05) is 19.8 Å². The highest BCUT2D eigenvalue weighted by molar-refractivity contribution is 5.47. The second kappa shape index (κ2) is 6.68. The van der Waals surface area contributed by atoms with Crippen molar-refractivity contribution in [3.05, 3.63) is 11.9 Å². The van der Waals surface area contributed by atoms with Crippen molar-refractivity contribution in [2.45, 2.75) is 45.3 Å². The summed E-state index contributed by atoms with van der Waals surface area (Å²) < 4.78 is 5.07. The molecule has 1 saturated carbocycles. The lowest BCUT2D eigenvalue weighted by atomic mass is 10.1. The van der Waals surface area contributed by atoms with Crippen LogP contribution in [0.3, 0.4) is 0 Å². The molecule has 2 rings (SSSR count). The van der Waals surface area contributed by atoms with Gasteiger partial charge in [-0.15, -0.1) is 0 Å². The van der Waals surface area contributed by atoms with Crippen LogP contribution in [0, 0.1) is 5.92 Å². The Morgan fingerprint density at radius 1 is 1.42 bits per heavy atom. The van der Waals surface area contributed by atoms with Gasteiger partial charge in [-0.3, -0.25) is 0 Å². The fraction of sp³-hybridized carbons (Fsp3) is 0.692. The van der Waals surface area contributed by atoms with Crippen LogP contribution >= 0.6 is 0 Å². The van der Waals surface area contributed by atoms with Gasteiger partial charge in [-0.05, 0) is 18.8 Å². The average Bonchev–Trinajstić information content (AvgIpc) is 3.22. The largest absolute Gasteiger partial charge is 0.377 e. The number of nitrogens with one attached hydrogen (secondary N) is 2. The Kier molecular flexibility index (Phi) is 4.93. The van der Waals surface area contributed by atoms with E-state index in [0.29, 0.717) is 24.3 Å². The Bertz CT molecular complexity index is 408. The van der Waals surface area contributed by atoms with Crippen molar-refractivity contribution in [1.82, 2.24) is 9.97 Å². The Labute approximate surface area is 114 Å². The van der Waals surface area contributed by atoms with Crippen molar-refractivity contribution >= 4 is 11.6 Å². The standard InChI is InChI=1S/C13H23N5O/c1-3-10(6-9-4-5-9)15-11-7-12(18-14)17-13(16-11)8-19-2/h7,9-10H,3-6,8,14H2,1-2H3,(H2,15,16,17,18). The maximum absolute atomic E-state index is 5.43.